The van der Waals surface area contributed by atoms with E-state index >= 15 is 0 Å². The third-order valence-corrected chi connectivity index (χ3v) is 7.87. The third kappa shape index (κ3) is 4.29. The monoisotopic (exact) mass is 546 g/mol. The molecule has 5 aromatic rings. The van der Waals surface area contributed by atoms with E-state index < -0.39 is 11.4 Å². The Morgan fingerprint density at radius 2 is 1.87 bits per heavy atom. The summed E-state index contributed by atoms with van der Waals surface area (Å²) in [6.45, 7) is 8.54. The van der Waals surface area contributed by atoms with Gasteiger partial charge in [0.05, 0.1) is 10.4 Å². The Balaban J connectivity index is 1.36. The molecule has 1 N–H and O–H groups in total. The van der Waals surface area contributed by atoms with Crippen LogP contribution in [-0.2, 0) is 0 Å². The highest BCUT2D eigenvalue weighted by molar-refractivity contribution is 6.32. The maximum atomic E-state index is 14.8. The molecule has 0 unspecified atom stereocenters. The summed E-state index contributed by atoms with van der Waals surface area (Å²) in [4.78, 5) is 31.7. The number of piperazine rings is 1. The van der Waals surface area contributed by atoms with Crippen LogP contribution in [0.5, 0.6) is 0 Å². The fourth-order valence-electron chi connectivity index (χ4n) is 5.33. The van der Waals surface area contributed by atoms with Crippen molar-refractivity contribution in [3.8, 4) is 5.69 Å². The number of hydrogen-bond donors (Lipinski definition) is 1. The molecule has 2 atom stereocenters. The molecule has 0 bridgehead atoms. The average molecular weight is 547 g/mol. The molecular formula is C28H28ClFN8O. The number of imidazole rings is 1. The van der Waals surface area contributed by atoms with Gasteiger partial charge in [-0.25, -0.2) is 28.5 Å². The van der Waals surface area contributed by atoms with E-state index in [9.17, 15) is 9.18 Å². The van der Waals surface area contributed by atoms with E-state index in [0.717, 1.165) is 29.0 Å². The standard InChI is InChI=1S/C28H28ClFN8O/c1-16-12-19(8-9-23(16)36-14-17(2)35(4)18(3)15-36)33-28-32-13-20-24(34-28)26-31-10-11-37(26)38(27(20)39)25-21(29)6-5-7-22(25)30/h5-13,17-18H,14-15H2,1-4H3,(H,32,33,34)/t17-,18+. The minimum atomic E-state index is -0.627. The van der Waals surface area contributed by atoms with Crippen molar-refractivity contribution in [1.29, 1.82) is 0 Å². The number of likely N-dealkylation sites (N-methyl/N-ethyl adjacent to an activating group) is 1. The highest BCUT2D eigenvalue weighted by Crippen LogP contribution is 2.29. The smallest absolute Gasteiger partial charge is 0.281 e. The van der Waals surface area contributed by atoms with Gasteiger partial charge in [-0.05, 0) is 63.7 Å². The Hall–Kier alpha value is -4.02. The second kappa shape index (κ2) is 9.62. The first-order valence-corrected chi connectivity index (χ1v) is 13.1. The van der Waals surface area contributed by atoms with Gasteiger partial charge >= 0.3 is 0 Å². The van der Waals surface area contributed by atoms with Crippen molar-refractivity contribution in [2.45, 2.75) is 32.9 Å². The molecule has 2 aromatic carbocycles. The van der Waals surface area contributed by atoms with E-state index in [2.05, 4.69) is 70.0 Å². The molecule has 4 heterocycles. The van der Waals surface area contributed by atoms with Crippen LogP contribution >= 0.6 is 11.6 Å². The molecule has 0 amide bonds. The number of rotatable bonds is 4. The predicted octanol–water partition coefficient (Wildman–Crippen LogP) is 4.80. The Morgan fingerprint density at radius 3 is 2.59 bits per heavy atom. The summed E-state index contributed by atoms with van der Waals surface area (Å²) in [5, 5.41) is 3.56. The van der Waals surface area contributed by atoms with Gasteiger partial charge in [0.25, 0.3) is 5.56 Å². The van der Waals surface area contributed by atoms with E-state index in [1.54, 1.807) is 6.20 Å². The summed E-state index contributed by atoms with van der Waals surface area (Å²) in [5.74, 6) is -0.306. The van der Waals surface area contributed by atoms with Crippen molar-refractivity contribution in [1.82, 2.24) is 29.0 Å². The highest BCUT2D eigenvalue weighted by atomic mass is 35.5. The molecule has 200 valence electrons. The number of aromatic nitrogens is 5. The van der Waals surface area contributed by atoms with Crippen LogP contribution in [0.3, 0.4) is 0 Å². The van der Waals surface area contributed by atoms with E-state index in [4.69, 9.17) is 11.6 Å². The molecule has 0 saturated carbocycles. The molecule has 3 aromatic heterocycles. The van der Waals surface area contributed by atoms with Crippen LogP contribution in [-0.4, -0.2) is 61.3 Å². The largest absolute Gasteiger partial charge is 0.368 e. The van der Waals surface area contributed by atoms with Crippen molar-refractivity contribution in [3.63, 3.8) is 0 Å². The number of nitrogens with one attached hydrogen (secondary N) is 1. The number of anilines is 3. The lowest BCUT2D eigenvalue weighted by Crippen LogP contribution is -2.55. The molecule has 6 rings (SSSR count). The summed E-state index contributed by atoms with van der Waals surface area (Å²) in [5.41, 5.74) is 3.33. The molecule has 1 aliphatic rings. The molecule has 1 saturated heterocycles. The Bertz CT molecular complexity index is 1750. The summed E-state index contributed by atoms with van der Waals surface area (Å²) >= 11 is 6.28. The third-order valence-electron chi connectivity index (χ3n) is 7.56. The van der Waals surface area contributed by atoms with Crippen LogP contribution in [0.2, 0.25) is 5.02 Å². The summed E-state index contributed by atoms with van der Waals surface area (Å²) in [6.07, 6.45) is 4.52. The number of hydrogen-bond acceptors (Lipinski definition) is 7. The second-order valence-electron chi connectivity index (χ2n) is 10.1. The number of nitrogens with zero attached hydrogens (tertiary/aromatic N) is 7. The first-order valence-electron chi connectivity index (χ1n) is 12.8. The lowest BCUT2D eigenvalue weighted by molar-refractivity contribution is 0.170. The SMILES string of the molecule is Cc1cc(Nc2ncc3c(=O)n(-c4c(F)cccc4Cl)n4ccnc4c3n2)ccc1N1C[C@@H](C)N(C)[C@@H](C)C1. The average Bonchev–Trinajstić information content (AvgIpc) is 3.39. The van der Waals surface area contributed by atoms with Gasteiger partial charge in [0.1, 0.15) is 17.0 Å². The first-order chi connectivity index (χ1) is 18.7. The second-order valence-corrected chi connectivity index (χ2v) is 10.5. The summed E-state index contributed by atoms with van der Waals surface area (Å²) in [7, 11) is 2.18. The van der Waals surface area contributed by atoms with Gasteiger partial charge < -0.3 is 10.2 Å². The molecular weight excluding hydrogens is 519 g/mol. The zero-order chi connectivity index (χ0) is 27.4. The fraction of sp³-hybridized carbons (Fsp3) is 0.286. The normalized spacial score (nSPS) is 18.3. The molecule has 0 radical (unpaired) electrons. The van der Waals surface area contributed by atoms with Crippen LogP contribution in [0, 0.1) is 12.7 Å². The van der Waals surface area contributed by atoms with E-state index in [1.807, 2.05) is 6.07 Å². The highest BCUT2D eigenvalue weighted by Gasteiger charge is 2.27. The predicted molar refractivity (Wildman–Crippen MR) is 152 cm³/mol. The number of fused-ring (bicyclic) bond motifs is 3. The Labute approximate surface area is 229 Å². The molecule has 0 aliphatic carbocycles. The van der Waals surface area contributed by atoms with Gasteiger partial charge in [0.2, 0.25) is 5.95 Å². The van der Waals surface area contributed by atoms with Crippen LogP contribution in [0.4, 0.5) is 21.7 Å². The minimum Gasteiger partial charge on any atom is -0.368 e. The fourth-order valence-corrected chi connectivity index (χ4v) is 5.57. The van der Waals surface area contributed by atoms with Crippen molar-refractivity contribution in [2.75, 3.05) is 30.4 Å². The van der Waals surface area contributed by atoms with Crippen molar-refractivity contribution in [3.05, 3.63) is 81.7 Å². The van der Waals surface area contributed by atoms with E-state index in [1.165, 1.54) is 40.8 Å². The maximum absolute atomic E-state index is 14.8. The zero-order valence-corrected chi connectivity index (χ0v) is 22.8. The minimum absolute atomic E-state index is 0.0593. The Kier molecular flexibility index (Phi) is 6.23. The molecule has 0 spiro atoms. The van der Waals surface area contributed by atoms with Crippen LogP contribution in [0.1, 0.15) is 19.4 Å². The lowest BCUT2D eigenvalue weighted by Gasteiger charge is -2.44. The van der Waals surface area contributed by atoms with Gasteiger partial charge in [-0.15, -0.1) is 0 Å². The number of halogens is 2. The van der Waals surface area contributed by atoms with Crippen LogP contribution in [0.25, 0.3) is 22.2 Å². The Morgan fingerprint density at radius 1 is 1.10 bits per heavy atom. The molecule has 1 fully saturated rings. The van der Waals surface area contributed by atoms with Crippen molar-refractivity contribution in [2.24, 2.45) is 0 Å². The molecule has 9 nitrogen and oxygen atoms in total. The first kappa shape index (κ1) is 25.3. The van der Waals surface area contributed by atoms with Gasteiger partial charge in [-0.2, -0.15) is 0 Å². The maximum Gasteiger partial charge on any atom is 0.281 e. The number of benzene rings is 2. The van der Waals surface area contributed by atoms with Crippen LogP contribution < -0.4 is 15.8 Å². The van der Waals surface area contributed by atoms with Crippen molar-refractivity contribution >= 4 is 45.5 Å². The molecule has 39 heavy (non-hydrogen) atoms. The van der Waals surface area contributed by atoms with Gasteiger partial charge in [0, 0.05) is 55.1 Å². The quantitative estimate of drug-likeness (QED) is 0.346. The number of para-hydroxylation sites is 1. The topological polar surface area (TPSA) is 83.6 Å². The van der Waals surface area contributed by atoms with Gasteiger partial charge in [0.15, 0.2) is 5.65 Å². The zero-order valence-electron chi connectivity index (χ0n) is 22.1. The number of aryl methyl sites for hydroxylation is 1. The van der Waals surface area contributed by atoms with Crippen LogP contribution in [0.15, 0.2) is 59.8 Å². The summed E-state index contributed by atoms with van der Waals surface area (Å²) < 4.78 is 17.4. The van der Waals surface area contributed by atoms with Crippen molar-refractivity contribution < 1.29 is 4.39 Å². The van der Waals surface area contributed by atoms with Gasteiger partial charge in [-0.3, -0.25) is 9.69 Å². The van der Waals surface area contributed by atoms with E-state index in [-0.39, 0.29) is 16.1 Å². The van der Waals surface area contributed by atoms with E-state index in [0.29, 0.717) is 29.2 Å². The molecule has 11 heteroatoms. The lowest BCUT2D eigenvalue weighted by atomic mass is 10.1. The molecule has 1 aliphatic heterocycles. The summed E-state index contributed by atoms with van der Waals surface area (Å²) in [6, 6.07) is 11.4. The van der Waals surface area contributed by atoms with Gasteiger partial charge in [-0.1, -0.05) is 17.7 Å².